The molecule has 2 aromatic carbocycles. The minimum atomic E-state index is -0.469. The standard InChI is InChI=1S/C18H18N4O3S/c1-12(18-20-15-5-3-4-6-16(15)26-18)21(2)11-17(23)19-13-7-9-14(10-8-13)22(24)25/h3-10,12H,11H2,1-2H3,(H,19,23)/p+1/t12-/m1/s1. The maximum Gasteiger partial charge on any atom is 0.279 e. The molecule has 1 amide bonds. The van der Waals surface area contributed by atoms with Crippen LogP contribution in [0.1, 0.15) is 18.0 Å². The van der Waals surface area contributed by atoms with Gasteiger partial charge in [-0.05, 0) is 31.2 Å². The van der Waals surface area contributed by atoms with Crippen LogP contribution in [0.5, 0.6) is 0 Å². The van der Waals surface area contributed by atoms with Gasteiger partial charge in [0.2, 0.25) is 0 Å². The Kier molecular flexibility index (Phi) is 5.24. The molecule has 0 aliphatic carbocycles. The number of carbonyl (C=O) groups is 1. The molecule has 0 fully saturated rings. The first kappa shape index (κ1) is 18.0. The van der Waals surface area contributed by atoms with E-state index in [0.29, 0.717) is 5.69 Å². The molecule has 0 aliphatic heterocycles. The average molecular weight is 371 g/mol. The Bertz CT molecular complexity index is 906. The van der Waals surface area contributed by atoms with Crippen LogP contribution in [0.3, 0.4) is 0 Å². The summed E-state index contributed by atoms with van der Waals surface area (Å²) in [6, 6.07) is 13.9. The molecule has 3 rings (SSSR count). The van der Waals surface area contributed by atoms with E-state index in [2.05, 4.69) is 10.3 Å². The van der Waals surface area contributed by atoms with E-state index in [4.69, 9.17) is 0 Å². The van der Waals surface area contributed by atoms with Crippen LogP contribution in [0.4, 0.5) is 11.4 Å². The molecule has 2 N–H and O–H groups in total. The number of carbonyl (C=O) groups excluding carboxylic acids is 1. The molecule has 1 heterocycles. The van der Waals surface area contributed by atoms with Crippen LogP contribution in [-0.4, -0.2) is 29.4 Å². The smallest absolute Gasteiger partial charge is 0.279 e. The number of nitrogens with one attached hydrogen (secondary N) is 2. The van der Waals surface area contributed by atoms with Crippen LogP contribution in [0.2, 0.25) is 0 Å². The summed E-state index contributed by atoms with van der Waals surface area (Å²) in [6.07, 6.45) is 0. The lowest BCUT2D eigenvalue weighted by Gasteiger charge is -2.19. The maximum absolute atomic E-state index is 12.3. The fourth-order valence-electron chi connectivity index (χ4n) is 2.56. The first-order chi connectivity index (χ1) is 12.4. The van der Waals surface area contributed by atoms with Crippen molar-refractivity contribution < 1.29 is 14.6 Å². The van der Waals surface area contributed by atoms with Crippen LogP contribution in [0.25, 0.3) is 10.2 Å². The van der Waals surface area contributed by atoms with E-state index in [1.807, 2.05) is 38.2 Å². The number of anilines is 1. The highest BCUT2D eigenvalue weighted by Gasteiger charge is 2.22. The first-order valence-electron chi connectivity index (χ1n) is 8.16. The zero-order valence-corrected chi connectivity index (χ0v) is 15.2. The van der Waals surface area contributed by atoms with Crippen molar-refractivity contribution in [1.82, 2.24) is 4.98 Å². The summed E-state index contributed by atoms with van der Waals surface area (Å²) in [5, 5.41) is 14.4. The molecule has 0 saturated carbocycles. The molecule has 0 radical (unpaired) electrons. The van der Waals surface area contributed by atoms with Crippen molar-refractivity contribution in [3.8, 4) is 0 Å². The molecule has 7 nitrogen and oxygen atoms in total. The molecule has 2 atom stereocenters. The van der Waals surface area contributed by atoms with Crippen molar-refractivity contribution in [2.45, 2.75) is 13.0 Å². The quantitative estimate of drug-likeness (QED) is 0.514. The Morgan fingerprint density at radius 3 is 2.62 bits per heavy atom. The third kappa shape index (κ3) is 4.04. The van der Waals surface area contributed by atoms with Crippen LogP contribution in [-0.2, 0) is 4.79 Å². The van der Waals surface area contributed by atoms with Crippen LogP contribution >= 0.6 is 11.3 Å². The van der Waals surface area contributed by atoms with Crippen molar-refractivity contribution in [2.24, 2.45) is 0 Å². The predicted molar refractivity (Wildman–Crippen MR) is 102 cm³/mol. The summed E-state index contributed by atoms with van der Waals surface area (Å²) in [5.41, 5.74) is 1.51. The monoisotopic (exact) mass is 371 g/mol. The van der Waals surface area contributed by atoms with Gasteiger partial charge in [0, 0.05) is 17.8 Å². The lowest BCUT2D eigenvalue weighted by molar-refractivity contribution is -0.902. The van der Waals surface area contributed by atoms with Gasteiger partial charge in [0.15, 0.2) is 11.6 Å². The second-order valence-corrected chi connectivity index (χ2v) is 7.18. The number of amides is 1. The number of benzene rings is 2. The van der Waals surface area contributed by atoms with Crippen LogP contribution in [0.15, 0.2) is 48.5 Å². The van der Waals surface area contributed by atoms with E-state index in [1.165, 1.54) is 24.3 Å². The van der Waals surface area contributed by atoms with Crippen molar-refractivity contribution in [1.29, 1.82) is 0 Å². The number of nitro benzene ring substituents is 1. The summed E-state index contributed by atoms with van der Waals surface area (Å²) in [5.74, 6) is -0.149. The number of rotatable bonds is 6. The number of quaternary nitrogens is 1. The molecule has 3 aromatic rings. The predicted octanol–water partition coefficient (Wildman–Crippen LogP) is 2.42. The zero-order chi connectivity index (χ0) is 18.7. The van der Waals surface area contributed by atoms with Crippen molar-refractivity contribution in [3.05, 3.63) is 63.7 Å². The van der Waals surface area contributed by atoms with Gasteiger partial charge < -0.3 is 10.2 Å². The topological polar surface area (TPSA) is 89.6 Å². The van der Waals surface area contributed by atoms with Crippen molar-refractivity contribution in [3.63, 3.8) is 0 Å². The van der Waals surface area contributed by atoms with Gasteiger partial charge in [0.05, 0.1) is 22.2 Å². The fourth-order valence-corrected chi connectivity index (χ4v) is 3.68. The third-order valence-corrected chi connectivity index (χ3v) is 5.44. The number of hydrogen-bond acceptors (Lipinski definition) is 5. The van der Waals surface area contributed by atoms with Crippen LogP contribution < -0.4 is 10.2 Å². The lowest BCUT2D eigenvalue weighted by atomic mass is 10.2. The number of aromatic nitrogens is 1. The average Bonchev–Trinajstić information content (AvgIpc) is 3.05. The van der Waals surface area contributed by atoms with Gasteiger partial charge in [-0.15, -0.1) is 11.3 Å². The summed E-state index contributed by atoms with van der Waals surface area (Å²) in [4.78, 5) is 28.1. The largest absolute Gasteiger partial charge is 0.322 e. The maximum atomic E-state index is 12.3. The molecule has 0 saturated heterocycles. The molecular formula is C18H19N4O3S+. The van der Waals surface area contributed by atoms with E-state index in [9.17, 15) is 14.9 Å². The van der Waals surface area contributed by atoms with E-state index in [1.54, 1.807) is 11.3 Å². The number of likely N-dealkylation sites (N-methyl/N-ethyl adjacent to an activating group) is 1. The molecule has 0 aliphatic rings. The number of para-hydroxylation sites is 1. The normalized spacial score (nSPS) is 13.3. The van der Waals surface area contributed by atoms with Gasteiger partial charge >= 0.3 is 0 Å². The second-order valence-electron chi connectivity index (χ2n) is 6.12. The van der Waals surface area contributed by atoms with E-state index >= 15 is 0 Å². The van der Waals surface area contributed by atoms with Crippen molar-refractivity contribution >= 4 is 38.8 Å². The minimum absolute atomic E-state index is 0.00444. The van der Waals surface area contributed by atoms with Gasteiger partial charge in [0.1, 0.15) is 6.04 Å². The zero-order valence-electron chi connectivity index (χ0n) is 14.4. The lowest BCUT2D eigenvalue weighted by Crippen LogP contribution is -3.10. The molecule has 134 valence electrons. The molecule has 0 bridgehead atoms. The number of nitro groups is 1. The van der Waals surface area contributed by atoms with Gasteiger partial charge in [-0.2, -0.15) is 0 Å². The molecule has 26 heavy (non-hydrogen) atoms. The summed E-state index contributed by atoms with van der Waals surface area (Å²) in [6.45, 7) is 2.32. The number of fused-ring (bicyclic) bond motifs is 1. The van der Waals surface area contributed by atoms with E-state index in [-0.39, 0.29) is 24.2 Å². The second kappa shape index (κ2) is 7.59. The summed E-state index contributed by atoms with van der Waals surface area (Å²) < 4.78 is 1.14. The van der Waals surface area contributed by atoms with E-state index in [0.717, 1.165) is 20.1 Å². The Morgan fingerprint density at radius 2 is 1.96 bits per heavy atom. The van der Waals surface area contributed by atoms with Crippen molar-refractivity contribution in [2.75, 3.05) is 18.9 Å². The van der Waals surface area contributed by atoms with E-state index < -0.39 is 4.92 Å². The number of thiazole rings is 1. The Balaban J connectivity index is 1.61. The Labute approximate surface area is 154 Å². The molecule has 1 aromatic heterocycles. The molecule has 1 unspecified atom stereocenters. The molecule has 8 heteroatoms. The van der Waals surface area contributed by atoms with Gasteiger partial charge in [-0.1, -0.05) is 12.1 Å². The summed E-state index contributed by atoms with van der Waals surface area (Å²) >= 11 is 1.64. The molecule has 0 spiro atoms. The highest BCUT2D eigenvalue weighted by molar-refractivity contribution is 7.18. The summed E-state index contributed by atoms with van der Waals surface area (Å²) in [7, 11) is 1.95. The minimum Gasteiger partial charge on any atom is -0.322 e. The Morgan fingerprint density at radius 1 is 1.27 bits per heavy atom. The first-order valence-corrected chi connectivity index (χ1v) is 8.98. The number of nitrogens with zero attached hydrogens (tertiary/aromatic N) is 2. The third-order valence-electron chi connectivity index (χ3n) is 4.22. The van der Waals surface area contributed by atoms with Crippen LogP contribution in [0, 0.1) is 10.1 Å². The Hall–Kier alpha value is -2.84. The highest BCUT2D eigenvalue weighted by Crippen LogP contribution is 2.24. The fraction of sp³-hybridized carbons (Fsp3) is 0.222. The van der Waals surface area contributed by atoms with Gasteiger partial charge in [-0.25, -0.2) is 4.98 Å². The SMILES string of the molecule is C[C@H](c1nc2ccccc2s1)[NH+](C)CC(=O)Nc1ccc([N+](=O)[O-])cc1. The number of non-ortho nitro benzene ring substituents is 1. The van der Waals surface area contributed by atoms with Gasteiger partial charge in [-0.3, -0.25) is 14.9 Å². The number of hydrogen-bond donors (Lipinski definition) is 2. The molecular weight excluding hydrogens is 352 g/mol. The highest BCUT2D eigenvalue weighted by atomic mass is 32.1. The van der Waals surface area contributed by atoms with Gasteiger partial charge in [0.25, 0.3) is 11.6 Å².